The summed E-state index contributed by atoms with van der Waals surface area (Å²) in [7, 11) is 0. The van der Waals surface area contributed by atoms with Crippen molar-refractivity contribution in [3.05, 3.63) is 42.2 Å². The van der Waals surface area contributed by atoms with E-state index in [1.807, 2.05) is 30.3 Å². The number of benzene rings is 1. The number of carboxylic acids is 1. The van der Waals surface area contributed by atoms with Crippen LogP contribution in [0.1, 0.15) is 24.8 Å². The number of carbonyl (C=O) groups excluding carboxylic acids is 1. The molecule has 1 spiro atoms. The molecule has 2 fully saturated rings. The van der Waals surface area contributed by atoms with Crippen LogP contribution >= 0.6 is 0 Å². The Morgan fingerprint density at radius 3 is 2.64 bits per heavy atom. The number of amides is 1. The maximum Gasteiger partial charge on any atom is 0.307 e. The highest BCUT2D eigenvalue weighted by Gasteiger charge is 2.51. The van der Waals surface area contributed by atoms with Crippen LogP contribution in [0.3, 0.4) is 0 Å². The Morgan fingerprint density at radius 1 is 1.14 bits per heavy atom. The molecule has 1 N–H and O–H groups in total. The number of hydrogen-bond donors (Lipinski definition) is 1. The molecule has 1 saturated carbocycles. The van der Waals surface area contributed by atoms with E-state index in [2.05, 4.69) is 0 Å². The normalized spacial score (nSPS) is 25.1. The molecule has 28 heavy (non-hydrogen) atoms. The number of carboxylic acid groups (broad SMARTS) is 1. The molecular formula is C21H21NO6. The summed E-state index contributed by atoms with van der Waals surface area (Å²) < 4.78 is 17.7. The van der Waals surface area contributed by atoms with Crippen molar-refractivity contribution in [3.63, 3.8) is 0 Å². The van der Waals surface area contributed by atoms with Gasteiger partial charge in [-0.05, 0) is 36.8 Å². The second kappa shape index (κ2) is 6.38. The van der Waals surface area contributed by atoms with Gasteiger partial charge in [-0.25, -0.2) is 0 Å². The second-order valence-corrected chi connectivity index (χ2v) is 7.71. The van der Waals surface area contributed by atoms with E-state index >= 15 is 0 Å². The molecule has 1 amide bonds. The van der Waals surface area contributed by atoms with Gasteiger partial charge in [0.1, 0.15) is 11.5 Å². The molecule has 2 atom stereocenters. The van der Waals surface area contributed by atoms with Gasteiger partial charge in [-0.1, -0.05) is 0 Å². The van der Waals surface area contributed by atoms with Gasteiger partial charge < -0.3 is 23.9 Å². The molecule has 3 heterocycles. The molecular weight excluding hydrogens is 362 g/mol. The Kier molecular flexibility index (Phi) is 3.94. The van der Waals surface area contributed by atoms with Crippen molar-refractivity contribution in [3.8, 4) is 17.1 Å². The van der Waals surface area contributed by atoms with Crippen LogP contribution in [0.25, 0.3) is 11.3 Å². The van der Waals surface area contributed by atoms with Gasteiger partial charge in [-0.3, -0.25) is 9.59 Å². The molecule has 2 unspecified atom stereocenters. The van der Waals surface area contributed by atoms with Gasteiger partial charge >= 0.3 is 5.97 Å². The van der Waals surface area contributed by atoms with Crippen molar-refractivity contribution in [2.75, 3.05) is 13.1 Å². The van der Waals surface area contributed by atoms with E-state index in [9.17, 15) is 9.59 Å². The predicted octanol–water partition coefficient (Wildman–Crippen LogP) is 2.90. The summed E-state index contributed by atoms with van der Waals surface area (Å²) in [4.78, 5) is 25.2. The van der Waals surface area contributed by atoms with Gasteiger partial charge in [-0.2, -0.15) is 0 Å². The third-order valence-corrected chi connectivity index (χ3v) is 5.91. The lowest BCUT2D eigenvalue weighted by molar-refractivity contribution is -0.227. The minimum Gasteiger partial charge on any atom is -0.481 e. The summed E-state index contributed by atoms with van der Waals surface area (Å²) in [5, 5.41) is 9.03. The van der Waals surface area contributed by atoms with Crippen molar-refractivity contribution in [2.45, 2.75) is 31.7 Å². The van der Waals surface area contributed by atoms with Gasteiger partial charge in [-0.15, -0.1) is 0 Å². The molecule has 1 aromatic heterocycles. The highest BCUT2D eigenvalue weighted by Crippen LogP contribution is 2.43. The lowest BCUT2D eigenvalue weighted by Crippen LogP contribution is -2.52. The first-order chi connectivity index (χ1) is 13.5. The molecule has 7 heteroatoms. The van der Waals surface area contributed by atoms with E-state index in [1.54, 1.807) is 11.2 Å². The van der Waals surface area contributed by atoms with Gasteiger partial charge in [0.05, 0.1) is 24.7 Å². The van der Waals surface area contributed by atoms with Crippen molar-refractivity contribution in [2.24, 2.45) is 11.8 Å². The van der Waals surface area contributed by atoms with E-state index in [0.29, 0.717) is 39.0 Å². The Labute approximate surface area is 161 Å². The summed E-state index contributed by atoms with van der Waals surface area (Å²) >= 11 is 0. The van der Waals surface area contributed by atoms with E-state index in [4.69, 9.17) is 19.0 Å². The monoisotopic (exact) mass is 383 g/mol. The van der Waals surface area contributed by atoms with Crippen LogP contribution < -0.4 is 4.74 Å². The summed E-state index contributed by atoms with van der Waals surface area (Å²) in [5.74, 6) is -0.922. The summed E-state index contributed by atoms with van der Waals surface area (Å²) in [6, 6.07) is 9.69. The van der Waals surface area contributed by atoms with E-state index < -0.39 is 17.7 Å². The molecule has 1 aromatic carbocycles. The maximum absolute atomic E-state index is 12.5. The number of ether oxygens (including phenoxy) is 2. The molecule has 1 aliphatic carbocycles. The molecule has 0 radical (unpaired) electrons. The number of nitrogens with zero attached hydrogens (tertiary/aromatic N) is 1. The molecule has 0 bridgehead atoms. The highest BCUT2D eigenvalue weighted by atomic mass is 16.7. The summed E-state index contributed by atoms with van der Waals surface area (Å²) in [6.45, 7) is 1.48. The average molecular weight is 383 g/mol. The predicted molar refractivity (Wildman–Crippen MR) is 97.3 cm³/mol. The average Bonchev–Trinajstić information content (AvgIpc) is 3.33. The zero-order valence-electron chi connectivity index (χ0n) is 15.3. The third kappa shape index (κ3) is 2.96. The Bertz CT molecular complexity index is 913. The third-order valence-electron chi connectivity index (χ3n) is 5.91. The smallest absolute Gasteiger partial charge is 0.307 e. The van der Waals surface area contributed by atoms with E-state index in [-0.39, 0.29) is 11.8 Å². The van der Waals surface area contributed by atoms with E-state index in [0.717, 1.165) is 22.6 Å². The molecule has 5 rings (SSSR count). The van der Waals surface area contributed by atoms with Crippen LogP contribution in [0.4, 0.5) is 0 Å². The molecule has 1 saturated heterocycles. The number of furan rings is 1. The van der Waals surface area contributed by atoms with Crippen molar-refractivity contribution in [1.29, 1.82) is 0 Å². The molecule has 2 aliphatic heterocycles. The zero-order chi connectivity index (χ0) is 19.3. The number of aliphatic carboxylic acids is 1. The molecule has 7 nitrogen and oxygen atoms in total. The Hall–Kier alpha value is -2.80. The minimum absolute atomic E-state index is 0.0541. The van der Waals surface area contributed by atoms with Crippen molar-refractivity contribution in [1.82, 2.24) is 4.90 Å². The number of likely N-dealkylation sites (tertiary alicyclic amines) is 1. The maximum atomic E-state index is 12.5. The Morgan fingerprint density at radius 2 is 1.96 bits per heavy atom. The van der Waals surface area contributed by atoms with Crippen LogP contribution in [-0.4, -0.2) is 40.8 Å². The van der Waals surface area contributed by atoms with Crippen LogP contribution in [0, 0.1) is 11.8 Å². The standard InChI is InChI=1S/C21H21NO6/c23-19(15-11-16(15)20(24)25)22-7-5-21(6-8-22)27-12-14-10-13(3-4-18(14)28-21)17-2-1-9-26-17/h1-4,9-10,15-16H,5-8,11-12H2,(H,24,25). The van der Waals surface area contributed by atoms with Crippen LogP contribution in [0.5, 0.6) is 5.75 Å². The number of carbonyl (C=O) groups is 2. The highest BCUT2D eigenvalue weighted by molar-refractivity contribution is 5.89. The lowest BCUT2D eigenvalue weighted by atomic mass is 10.00. The fraction of sp³-hybridized carbons (Fsp3) is 0.429. The largest absolute Gasteiger partial charge is 0.481 e. The fourth-order valence-electron chi connectivity index (χ4n) is 4.12. The van der Waals surface area contributed by atoms with Crippen molar-refractivity contribution < 1.29 is 28.6 Å². The quantitative estimate of drug-likeness (QED) is 0.877. The fourth-order valence-corrected chi connectivity index (χ4v) is 4.12. The summed E-state index contributed by atoms with van der Waals surface area (Å²) in [5.41, 5.74) is 1.95. The Balaban J connectivity index is 1.24. The van der Waals surface area contributed by atoms with Crippen LogP contribution in [-0.2, 0) is 20.9 Å². The first kappa shape index (κ1) is 17.3. The van der Waals surface area contributed by atoms with Crippen LogP contribution in [0.15, 0.2) is 41.0 Å². The van der Waals surface area contributed by atoms with Crippen LogP contribution in [0.2, 0.25) is 0 Å². The number of hydrogen-bond acceptors (Lipinski definition) is 5. The van der Waals surface area contributed by atoms with Gasteiger partial charge in [0.2, 0.25) is 11.7 Å². The molecule has 2 aromatic rings. The van der Waals surface area contributed by atoms with Gasteiger partial charge in [0.15, 0.2) is 0 Å². The second-order valence-electron chi connectivity index (χ2n) is 7.71. The topological polar surface area (TPSA) is 89.2 Å². The van der Waals surface area contributed by atoms with Gasteiger partial charge in [0.25, 0.3) is 0 Å². The summed E-state index contributed by atoms with van der Waals surface area (Å²) in [6.07, 6.45) is 3.24. The molecule has 146 valence electrons. The number of piperidine rings is 1. The zero-order valence-corrected chi connectivity index (χ0v) is 15.3. The van der Waals surface area contributed by atoms with Crippen molar-refractivity contribution >= 4 is 11.9 Å². The first-order valence-corrected chi connectivity index (χ1v) is 9.56. The number of fused-ring (bicyclic) bond motifs is 1. The number of rotatable bonds is 3. The lowest BCUT2D eigenvalue weighted by Gasteiger charge is -2.44. The minimum atomic E-state index is -0.878. The SMILES string of the molecule is O=C(O)C1CC1C(=O)N1CCC2(CC1)OCc1cc(-c3ccco3)ccc1O2. The van der Waals surface area contributed by atoms with Gasteiger partial charge in [0, 0.05) is 37.1 Å². The van der Waals surface area contributed by atoms with E-state index in [1.165, 1.54) is 0 Å². The first-order valence-electron chi connectivity index (χ1n) is 9.56. The molecule has 3 aliphatic rings.